The highest BCUT2D eigenvalue weighted by Crippen LogP contribution is 2.29. The van der Waals surface area contributed by atoms with Crippen LogP contribution >= 0.6 is 0 Å². The van der Waals surface area contributed by atoms with Gasteiger partial charge in [-0.05, 0) is 6.92 Å². The molecule has 0 atom stereocenters. The van der Waals surface area contributed by atoms with E-state index in [4.69, 9.17) is 0 Å². The molecule has 0 saturated carbocycles. The summed E-state index contributed by atoms with van der Waals surface area (Å²) in [5, 5.41) is 9.41. The second-order valence-corrected chi connectivity index (χ2v) is 4.62. The molecule has 0 aromatic carbocycles. The Morgan fingerprint density at radius 2 is 1.94 bits per heavy atom. The Morgan fingerprint density at radius 3 is 2.44 bits per heavy atom. The van der Waals surface area contributed by atoms with Gasteiger partial charge in [0, 0.05) is 38.5 Å². The van der Waals surface area contributed by atoms with Crippen molar-refractivity contribution in [1.29, 1.82) is 0 Å². The molecule has 1 aliphatic carbocycles. The van der Waals surface area contributed by atoms with Gasteiger partial charge in [0.05, 0.1) is 17.9 Å². The molecule has 0 bridgehead atoms. The standard InChI is InChI=1S/C13H16N2O3/c1-7-8(6-16)11-12(15(7)4)10(17)5-9(13(11)18)14(2)3/h5,16H,6H2,1-4H3. The zero-order valence-electron chi connectivity index (χ0n) is 10.9. The predicted octanol–water partition coefficient (Wildman–Crippen LogP) is 0.650. The molecular formula is C13H16N2O3. The average molecular weight is 248 g/mol. The number of rotatable bonds is 2. The molecule has 0 aliphatic heterocycles. The quantitative estimate of drug-likeness (QED) is 0.834. The number of aliphatic hydroxyl groups is 1. The molecule has 0 unspecified atom stereocenters. The molecular weight excluding hydrogens is 232 g/mol. The van der Waals surface area contributed by atoms with E-state index in [0.717, 1.165) is 5.69 Å². The lowest BCUT2D eigenvalue weighted by molar-refractivity contribution is 0.0956. The Morgan fingerprint density at radius 1 is 1.33 bits per heavy atom. The van der Waals surface area contributed by atoms with Gasteiger partial charge in [0.25, 0.3) is 0 Å². The normalized spacial score (nSPS) is 14.6. The van der Waals surface area contributed by atoms with Crippen molar-refractivity contribution in [3.63, 3.8) is 0 Å². The van der Waals surface area contributed by atoms with E-state index in [9.17, 15) is 14.7 Å². The molecule has 0 spiro atoms. The highest BCUT2D eigenvalue weighted by Gasteiger charge is 2.33. The third kappa shape index (κ3) is 1.51. The van der Waals surface area contributed by atoms with Crippen molar-refractivity contribution in [2.45, 2.75) is 13.5 Å². The minimum atomic E-state index is -0.241. The van der Waals surface area contributed by atoms with E-state index in [-0.39, 0.29) is 18.2 Å². The number of hydrogen-bond donors (Lipinski definition) is 1. The summed E-state index contributed by atoms with van der Waals surface area (Å²) < 4.78 is 1.67. The van der Waals surface area contributed by atoms with Crippen LogP contribution in [0.1, 0.15) is 32.1 Å². The first-order valence-corrected chi connectivity index (χ1v) is 5.67. The van der Waals surface area contributed by atoms with Gasteiger partial charge in [-0.25, -0.2) is 0 Å². The number of ketones is 2. The molecule has 0 radical (unpaired) electrons. The van der Waals surface area contributed by atoms with Gasteiger partial charge >= 0.3 is 0 Å². The minimum absolute atomic E-state index is 0.196. The first-order chi connectivity index (χ1) is 8.40. The van der Waals surface area contributed by atoms with Crippen molar-refractivity contribution in [3.05, 3.63) is 34.3 Å². The highest BCUT2D eigenvalue weighted by molar-refractivity contribution is 6.24. The van der Waals surface area contributed by atoms with Crippen LogP contribution in [0.3, 0.4) is 0 Å². The Balaban J connectivity index is 2.74. The van der Waals surface area contributed by atoms with Crippen LogP contribution in [0.4, 0.5) is 0 Å². The van der Waals surface area contributed by atoms with Crippen molar-refractivity contribution in [2.75, 3.05) is 14.1 Å². The Hall–Kier alpha value is -1.88. The van der Waals surface area contributed by atoms with Crippen molar-refractivity contribution in [2.24, 2.45) is 7.05 Å². The lowest BCUT2D eigenvalue weighted by Gasteiger charge is -2.20. The Kier molecular flexibility index (Phi) is 2.86. The lowest BCUT2D eigenvalue weighted by atomic mass is 9.95. The summed E-state index contributed by atoms with van der Waals surface area (Å²) in [5.74, 6) is -0.402. The molecule has 1 aromatic heterocycles. The number of carbonyl (C=O) groups is 2. The molecule has 1 aromatic rings. The molecule has 0 amide bonds. The van der Waals surface area contributed by atoms with E-state index < -0.39 is 0 Å². The van der Waals surface area contributed by atoms with Crippen molar-refractivity contribution >= 4 is 11.6 Å². The van der Waals surface area contributed by atoms with E-state index >= 15 is 0 Å². The number of aliphatic hydroxyl groups excluding tert-OH is 1. The van der Waals surface area contributed by atoms with Crippen LogP contribution < -0.4 is 0 Å². The number of nitrogens with zero attached hydrogens (tertiary/aromatic N) is 2. The maximum Gasteiger partial charge on any atom is 0.211 e. The molecule has 5 nitrogen and oxygen atoms in total. The molecule has 2 rings (SSSR count). The number of allylic oxidation sites excluding steroid dienone is 2. The van der Waals surface area contributed by atoms with E-state index in [0.29, 0.717) is 22.5 Å². The zero-order chi connectivity index (χ0) is 13.6. The number of fused-ring (bicyclic) bond motifs is 1. The van der Waals surface area contributed by atoms with Crippen LogP contribution in [0.25, 0.3) is 0 Å². The Labute approximate surface area is 105 Å². The monoisotopic (exact) mass is 248 g/mol. The van der Waals surface area contributed by atoms with Gasteiger partial charge in [0.15, 0.2) is 0 Å². The van der Waals surface area contributed by atoms with Crippen LogP contribution in [0, 0.1) is 6.92 Å². The van der Waals surface area contributed by atoms with Gasteiger partial charge in [0.2, 0.25) is 11.6 Å². The second-order valence-electron chi connectivity index (χ2n) is 4.62. The van der Waals surface area contributed by atoms with E-state index in [2.05, 4.69) is 0 Å². The van der Waals surface area contributed by atoms with Crippen LogP contribution in [-0.4, -0.2) is 40.2 Å². The van der Waals surface area contributed by atoms with Crippen molar-refractivity contribution < 1.29 is 14.7 Å². The number of carbonyl (C=O) groups excluding carboxylic acids is 2. The first kappa shape index (κ1) is 12.6. The summed E-state index contributed by atoms with van der Waals surface area (Å²) >= 11 is 0. The van der Waals surface area contributed by atoms with Gasteiger partial charge < -0.3 is 14.6 Å². The van der Waals surface area contributed by atoms with Gasteiger partial charge in [0.1, 0.15) is 5.69 Å². The van der Waals surface area contributed by atoms with Crippen LogP contribution in [0.2, 0.25) is 0 Å². The maximum absolute atomic E-state index is 12.4. The molecule has 96 valence electrons. The molecule has 1 heterocycles. The fraction of sp³-hybridized carbons (Fsp3) is 0.385. The number of Topliss-reactive ketones (excluding diaryl/α,β-unsaturated/α-hetero) is 1. The van der Waals surface area contributed by atoms with E-state index in [1.165, 1.54) is 6.08 Å². The highest BCUT2D eigenvalue weighted by atomic mass is 16.3. The summed E-state index contributed by atoms with van der Waals surface area (Å²) in [6.07, 6.45) is 1.35. The molecule has 18 heavy (non-hydrogen) atoms. The largest absolute Gasteiger partial charge is 0.392 e. The molecule has 5 heteroatoms. The number of likely N-dealkylation sites (N-methyl/N-ethyl adjacent to an activating group) is 1. The minimum Gasteiger partial charge on any atom is -0.392 e. The van der Waals surface area contributed by atoms with E-state index in [1.807, 2.05) is 0 Å². The van der Waals surface area contributed by atoms with Crippen molar-refractivity contribution in [1.82, 2.24) is 9.47 Å². The molecule has 0 saturated heterocycles. The van der Waals surface area contributed by atoms with Crippen LogP contribution in [0.5, 0.6) is 0 Å². The van der Waals surface area contributed by atoms with Gasteiger partial charge in [-0.1, -0.05) is 0 Å². The zero-order valence-corrected chi connectivity index (χ0v) is 10.9. The fourth-order valence-corrected chi connectivity index (χ4v) is 2.31. The summed E-state index contributed by atoms with van der Waals surface area (Å²) in [5.41, 5.74) is 2.35. The first-order valence-electron chi connectivity index (χ1n) is 5.67. The van der Waals surface area contributed by atoms with Crippen molar-refractivity contribution in [3.8, 4) is 0 Å². The SMILES string of the molecule is Cc1c(CO)c2c(n1C)C(=O)C=C(N(C)C)C2=O. The molecule has 1 N–H and O–H groups in total. The molecule has 0 fully saturated rings. The summed E-state index contributed by atoms with van der Waals surface area (Å²) in [6.45, 7) is 1.55. The topological polar surface area (TPSA) is 62.5 Å². The van der Waals surface area contributed by atoms with E-state index in [1.54, 1.807) is 37.5 Å². The van der Waals surface area contributed by atoms with Crippen LogP contribution in [0.15, 0.2) is 11.8 Å². The van der Waals surface area contributed by atoms with Gasteiger partial charge in [-0.3, -0.25) is 9.59 Å². The second kappa shape index (κ2) is 4.10. The maximum atomic E-state index is 12.4. The summed E-state index contributed by atoms with van der Waals surface area (Å²) in [6, 6.07) is 0. The lowest BCUT2D eigenvalue weighted by Crippen LogP contribution is -2.27. The third-order valence-electron chi connectivity index (χ3n) is 3.41. The molecule has 1 aliphatic rings. The summed E-state index contributed by atoms with van der Waals surface area (Å²) in [7, 11) is 5.17. The van der Waals surface area contributed by atoms with Crippen LogP contribution in [-0.2, 0) is 13.7 Å². The number of hydrogen-bond acceptors (Lipinski definition) is 4. The van der Waals surface area contributed by atoms with Gasteiger partial charge in [-0.15, -0.1) is 0 Å². The predicted molar refractivity (Wildman–Crippen MR) is 66.5 cm³/mol. The summed E-state index contributed by atoms with van der Waals surface area (Å²) in [4.78, 5) is 26.1. The fourth-order valence-electron chi connectivity index (χ4n) is 2.31. The third-order valence-corrected chi connectivity index (χ3v) is 3.41. The van der Waals surface area contributed by atoms with Gasteiger partial charge in [-0.2, -0.15) is 0 Å². The smallest absolute Gasteiger partial charge is 0.211 e. The number of aromatic nitrogens is 1. The Bertz CT molecular complexity index is 580. The average Bonchev–Trinajstić information content (AvgIpc) is 2.57.